The lowest BCUT2D eigenvalue weighted by atomic mass is 9.99. The van der Waals surface area contributed by atoms with Crippen molar-refractivity contribution in [3.8, 4) is 0 Å². The molecule has 0 aliphatic rings. The van der Waals surface area contributed by atoms with Crippen molar-refractivity contribution in [3.05, 3.63) is 35.4 Å². The van der Waals surface area contributed by atoms with Crippen LogP contribution in [-0.2, 0) is 13.0 Å². The Morgan fingerprint density at radius 2 is 1.77 bits per heavy atom. The Balaban J connectivity index is 2.64. The van der Waals surface area contributed by atoms with Crippen molar-refractivity contribution in [1.82, 2.24) is 0 Å². The molecule has 1 aromatic carbocycles. The van der Waals surface area contributed by atoms with Crippen LogP contribution in [0.1, 0.15) is 31.4 Å². The maximum Gasteiger partial charge on any atom is 0.0684 e. The standard InChI is InChI=1S/C12H18O/c1-10(2)7-8-11-5-3-4-6-12(11)9-13/h3-6,10,13H,7-9H2,1-2H3. The van der Waals surface area contributed by atoms with Crippen molar-refractivity contribution in [1.29, 1.82) is 0 Å². The fourth-order valence-electron chi connectivity index (χ4n) is 1.40. The molecule has 1 heteroatoms. The Kier molecular flexibility index (Phi) is 3.97. The highest BCUT2D eigenvalue weighted by Gasteiger charge is 2.01. The maximum absolute atomic E-state index is 9.08. The largest absolute Gasteiger partial charge is 0.392 e. The van der Waals surface area contributed by atoms with Gasteiger partial charge in [0.25, 0.3) is 0 Å². The highest BCUT2D eigenvalue weighted by atomic mass is 16.3. The fourth-order valence-corrected chi connectivity index (χ4v) is 1.40. The first-order chi connectivity index (χ1) is 6.24. The van der Waals surface area contributed by atoms with E-state index in [1.165, 1.54) is 12.0 Å². The Hall–Kier alpha value is -0.820. The number of aliphatic hydroxyl groups is 1. The molecule has 1 aromatic rings. The summed E-state index contributed by atoms with van der Waals surface area (Å²) in [5.41, 5.74) is 2.36. The summed E-state index contributed by atoms with van der Waals surface area (Å²) in [6.07, 6.45) is 2.27. The van der Waals surface area contributed by atoms with Crippen molar-refractivity contribution in [2.24, 2.45) is 5.92 Å². The Labute approximate surface area is 80.4 Å². The summed E-state index contributed by atoms with van der Waals surface area (Å²) in [6, 6.07) is 8.11. The van der Waals surface area contributed by atoms with E-state index in [0.29, 0.717) is 0 Å². The van der Waals surface area contributed by atoms with Gasteiger partial charge in [-0.25, -0.2) is 0 Å². The van der Waals surface area contributed by atoms with Gasteiger partial charge in [-0.2, -0.15) is 0 Å². The molecule has 0 amide bonds. The molecule has 0 fully saturated rings. The summed E-state index contributed by atoms with van der Waals surface area (Å²) in [7, 11) is 0. The number of aryl methyl sites for hydroxylation is 1. The van der Waals surface area contributed by atoms with E-state index in [-0.39, 0.29) is 6.61 Å². The molecule has 1 nitrogen and oxygen atoms in total. The third kappa shape index (κ3) is 3.19. The molecule has 0 unspecified atom stereocenters. The molecule has 0 aliphatic carbocycles. The van der Waals surface area contributed by atoms with Crippen LogP contribution < -0.4 is 0 Å². The van der Waals surface area contributed by atoms with Crippen molar-refractivity contribution >= 4 is 0 Å². The van der Waals surface area contributed by atoms with Gasteiger partial charge < -0.3 is 5.11 Å². The van der Waals surface area contributed by atoms with Crippen molar-refractivity contribution < 1.29 is 5.11 Å². The van der Waals surface area contributed by atoms with Crippen molar-refractivity contribution in [2.45, 2.75) is 33.3 Å². The zero-order valence-electron chi connectivity index (χ0n) is 8.46. The molecule has 13 heavy (non-hydrogen) atoms. The summed E-state index contributed by atoms with van der Waals surface area (Å²) in [6.45, 7) is 4.61. The Morgan fingerprint density at radius 1 is 1.15 bits per heavy atom. The first kappa shape index (κ1) is 10.3. The molecule has 0 atom stereocenters. The van der Waals surface area contributed by atoms with Crippen LogP contribution in [0.5, 0.6) is 0 Å². The number of rotatable bonds is 4. The molecule has 1 N–H and O–H groups in total. The van der Waals surface area contributed by atoms with E-state index in [9.17, 15) is 0 Å². The molecular weight excluding hydrogens is 160 g/mol. The summed E-state index contributed by atoms with van der Waals surface area (Å²) in [4.78, 5) is 0. The molecular formula is C12H18O. The normalized spacial score (nSPS) is 10.8. The molecule has 1 rings (SSSR count). The van der Waals surface area contributed by atoms with Gasteiger partial charge in [0.2, 0.25) is 0 Å². The topological polar surface area (TPSA) is 20.2 Å². The third-order valence-corrected chi connectivity index (χ3v) is 2.28. The average molecular weight is 178 g/mol. The summed E-state index contributed by atoms with van der Waals surface area (Å²) in [5.74, 6) is 0.728. The lowest BCUT2D eigenvalue weighted by Crippen LogP contribution is -1.96. The summed E-state index contributed by atoms with van der Waals surface area (Å²) in [5, 5.41) is 9.08. The zero-order valence-corrected chi connectivity index (χ0v) is 8.46. The maximum atomic E-state index is 9.08. The quantitative estimate of drug-likeness (QED) is 0.751. The van der Waals surface area contributed by atoms with Gasteiger partial charge in [0.05, 0.1) is 6.61 Å². The van der Waals surface area contributed by atoms with Crippen LogP contribution >= 0.6 is 0 Å². The van der Waals surface area contributed by atoms with Gasteiger partial charge in [0, 0.05) is 0 Å². The second-order valence-corrected chi connectivity index (χ2v) is 3.86. The minimum absolute atomic E-state index is 0.161. The predicted octanol–water partition coefficient (Wildman–Crippen LogP) is 2.77. The fraction of sp³-hybridized carbons (Fsp3) is 0.500. The summed E-state index contributed by atoms with van der Waals surface area (Å²) >= 11 is 0. The number of aliphatic hydroxyl groups excluding tert-OH is 1. The molecule has 72 valence electrons. The second-order valence-electron chi connectivity index (χ2n) is 3.86. The molecule has 0 heterocycles. The minimum atomic E-state index is 0.161. The molecule has 0 saturated carbocycles. The lowest BCUT2D eigenvalue weighted by Gasteiger charge is -2.08. The van der Waals surface area contributed by atoms with Crippen LogP contribution in [-0.4, -0.2) is 5.11 Å². The molecule has 0 aromatic heterocycles. The third-order valence-electron chi connectivity index (χ3n) is 2.28. The summed E-state index contributed by atoms with van der Waals surface area (Å²) < 4.78 is 0. The molecule has 0 saturated heterocycles. The number of hydrogen-bond acceptors (Lipinski definition) is 1. The zero-order chi connectivity index (χ0) is 9.68. The van der Waals surface area contributed by atoms with Crippen LogP contribution in [0.15, 0.2) is 24.3 Å². The van der Waals surface area contributed by atoms with Crippen LogP contribution in [0.25, 0.3) is 0 Å². The monoisotopic (exact) mass is 178 g/mol. The van der Waals surface area contributed by atoms with Gasteiger partial charge in [-0.1, -0.05) is 38.1 Å². The van der Waals surface area contributed by atoms with E-state index < -0.39 is 0 Å². The van der Waals surface area contributed by atoms with Crippen LogP contribution in [0.4, 0.5) is 0 Å². The highest BCUT2D eigenvalue weighted by Crippen LogP contribution is 2.13. The number of benzene rings is 1. The van der Waals surface area contributed by atoms with Crippen molar-refractivity contribution in [3.63, 3.8) is 0 Å². The Bertz CT molecular complexity index is 253. The van der Waals surface area contributed by atoms with Crippen molar-refractivity contribution in [2.75, 3.05) is 0 Å². The van der Waals surface area contributed by atoms with E-state index in [0.717, 1.165) is 17.9 Å². The van der Waals surface area contributed by atoms with Gasteiger partial charge >= 0.3 is 0 Å². The molecule has 0 spiro atoms. The second kappa shape index (κ2) is 5.03. The van der Waals surface area contributed by atoms with Crippen LogP contribution in [0.2, 0.25) is 0 Å². The number of hydrogen-bond donors (Lipinski definition) is 1. The predicted molar refractivity (Wildman–Crippen MR) is 55.5 cm³/mol. The molecule has 0 bridgehead atoms. The minimum Gasteiger partial charge on any atom is -0.392 e. The van der Waals surface area contributed by atoms with Gasteiger partial charge in [-0.05, 0) is 29.9 Å². The van der Waals surface area contributed by atoms with E-state index in [4.69, 9.17) is 5.11 Å². The van der Waals surface area contributed by atoms with Crippen LogP contribution in [0.3, 0.4) is 0 Å². The lowest BCUT2D eigenvalue weighted by molar-refractivity contribution is 0.280. The first-order valence-corrected chi connectivity index (χ1v) is 4.91. The van der Waals surface area contributed by atoms with Gasteiger partial charge in [0.15, 0.2) is 0 Å². The SMILES string of the molecule is CC(C)CCc1ccccc1CO. The first-order valence-electron chi connectivity index (χ1n) is 4.91. The van der Waals surface area contributed by atoms with Gasteiger partial charge in [-0.15, -0.1) is 0 Å². The molecule has 0 radical (unpaired) electrons. The van der Waals surface area contributed by atoms with Gasteiger partial charge in [0.1, 0.15) is 0 Å². The van der Waals surface area contributed by atoms with Crippen LogP contribution in [0, 0.1) is 5.92 Å². The van der Waals surface area contributed by atoms with E-state index in [2.05, 4.69) is 19.9 Å². The Morgan fingerprint density at radius 3 is 2.31 bits per heavy atom. The molecule has 0 aliphatic heterocycles. The van der Waals surface area contributed by atoms with E-state index >= 15 is 0 Å². The highest BCUT2D eigenvalue weighted by molar-refractivity contribution is 5.26. The van der Waals surface area contributed by atoms with E-state index in [1.54, 1.807) is 0 Å². The van der Waals surface area contributed by atoms with Gasteiger partial charge in [-0.3, -0.25) is 0 Å². The van der Waals surface area contributed by atoms with E-state index in [1.807, 2.05) is 18.2 Å². The smallest absolute Gasteiger partial charge is 0.0684 e. The average Bonchev–Trinajstić information content (AvgIpc) is 2.15.